The minimum atomic E-state index is -0.708. The first kappa shape index (κ1) is 22.8. The van der Waals surface area contributed by atoms with E-state index in [1.165, 1.54) is 4.90 Å². The molecule has 1 fully saturated rings. The van der Waals surface area contributed by atoms with Gasteiger partial charge in [-0.3, -0.25) is 14.6 Å². The fourth-order valence-electron chi connectivity index (χ4n) is 4.87. The molecule has 2 aromatic carbocycles. The number of pyridine rings is 1. The van der Waals surface area contributed by atoms with Crippen LogP contribution in [-0.4, -0.2) is 32.8 Å². The van der Waals surface area contributed by atoms with Crippen LogP contribution in [0.2, 0.25) is 0 Å². The van der Waals surface area contributed by atoms with E-state index in [0.29, 0.717) is 11.5 Å². The standard InChI is InChI=1S/C29H28N2O4/c1-17(2)20-6-8-21(9-7-20)26-25(27(32)22-10-11-24-23(14-22)13-18(3)35-24)28(33)29(34)31(26)16-19-5-4-12-30-15-19/h4-12,14-15,17-18,26,32H,13,16H2,1-3H3/t18-,26+/m0/s1. The van der Waals surface area contributed by atoms with Gasteiger partial charge in [-0.05, 0) is 59.4 Å². The number of ether oxygens (including phenoxy) is 1. The van der Waals surface area contributed by atoms with Crippen molar-refractivity contribution in [1.29, 1.82) is 0 Å². The molecule has 1 saturated heterocycles. The van der Waals surface area contributed by atoms with Crippen molar-refractivity contribution in [3.05, 3.63) is 100 Å². The molecule has 1 amide bonds. The highest BCUT2D eigenvalue weighted by Gasteiger charge is 2.46. The Labute approximate surface area is 204 Å². The maximum atomic E-state index is 13.3. The summed E-state index contributed by atoms with van der Waals surface area (Å²) in [7, 11) is 0. The number of carbonyl (C=O) groups is 2. The molecule has 0 unspecified atom stereocenters. The summed E-state index contributed by atoms with van der Waals surface area (Å²) in [6, 6.07) is 16.3. The first-order valence-electron chi connectivity index (χ1n) is 11.9. The van der Waals surface area contributed by atoms with Crippen molar-refractivity contribution >= 4 is 17.4 Å². The van der Waals surface area contributed by atoms with Crippen molar-refractivity contribution < 1.29 is 19.4 Å². The van der Waals surface area contributed by atoms with E-state index in [-0.39, 0.29) is 24.0 Å². The van der Waals surface area contributed by atoms with Crippen LogP contribution < -0.4 is 4.74 Å². The number of aliphatic hydroxyl groups is 1. The van der Waals surface area contributed by atoms with Crippen LogP contribution in [0.25, 0.3) is 5.76 Å². The average Bonchev–Trinajstić information content (AvgIpc) is 3.35. The van der Waals surface area contributed by atoms with E-state index in [1.807, 2.05) is 49.4 Å². The summed E-state index contributed by atoms with van der Waals surface area (Å²) in [5, 5.41) is 11.4. The summed E-state index contributed by atoms with van der Waals surface area (Å²) < 4.78 is 5.78. The van der Waals surface area contributed by atoms with Crippen molar-refractivity contribution in [3.8, 4) is 5.75 Å². The molecule has 178 valence electrons. The SMILES string of the molecule is CC(C)c1ccc([C@@H]2C(=C(O)c3ccc4c(c3)C[C@H](C)O4)C(=O)C(=O)N2Cc2cccnc2)cc1. The molecule has 2 atom stereocenters. The second-order valence-electron chi connectivity index (χ2n) is 9.56. The third-order valence-corrected chi connectivity index (χ3v) is 6.70. The molecule has 2 aliphatic heterocycles. The van der Waals surface area contributed by atoms with Crippen molar-refractivity contribution in [3.63, 3.8) is 0 Å². The summed E-state index contributed by atoms with van der Waals surface area (Å²) in [4.78, 5) is 32.2. The number of fused-ring (bicyclic) bond motifs is 1. The Morgan fingerprint density at radius 1 is 1.14 bits per heavy atom. The Hall–Kier alpha value is -3.93. The van der Waals surface area contributed by atoms with Crippen LogP contribution in [0.5, 0.6) is 5.75 Å². The molecule has 0 radical (unpaired) electrons. The monoisotopic (exact) mass is 468 g/mol. The lowest BCUT2D eigenvalue weighted by Gasteiger charge is -2.25. The topological polar surface area (TPSA) is 79.7 Å². The molecule has 5 rings (SSSR count). The summed E-state index contributed by atoms with van der Waals surface area (Å²) >= 11 is 0. The molecule has 2 aliphatic rings. The Kier molecular flexibility index (Phi) is 5.89. The van der Waals surface area contributed by atoms with Gasteiger partial charge in [0, 0.05) is 30.9 Å². The van der Waals surface area contributed by atoms with Gasteiger partial charge in [-0.25, -0.2) is 0 Å². The zero-order valence-electron chi connectivity index (χ0n) is 20.1. The van der Waals surface area contributed by atoms with Crippen LogP contribution in [0, 0.1) is 0 Å². The molecular formula is C29H28N2O4. The number of hydrogen-bond acceptors (Lipinski definition) is 5. The molecule has 0 saturated carbocycles. The molecule has 6 heteroatoms. The van der Waals surface area contributed by atoms with Gasteiger partial charge in [-0.1, -0.05) is 44.2 Å². The normalized spacial score (nSPS) is 20.9. The summed E-state index contributed by atoms with van der Waals surface area (Å²) in [5.41, 5.74) is 4.32. The van der Waals surface area contributed by atoms with Crippen molar-refractivity contribution in [2.24, 2.45) is 0 Å². The predicted octanol–water partition coefficient (Wildman–Crippen LogP) is 5.15. The summed E-state index contributed by atoms with van der Waals surface area (Å²) in [6.07, 6.45) is 4.14. The lowest BCUT2D eigenvalue weighted by molar-refractivity contribution is -0.140. The lowest BCUT2D eigenvalue weighted by atomic mass is 9.92. The van der Waals surface area contributed by atoms with Gasteiger partial charge in [0.05, 0.1) is 11.6 Å². The van der Waals surface area contributed by atoms with Crippen molar-refractivity contribution in [1.82, 2.24) is 9.88 Å². The predicted molar refractivity (Wildman–Crippen MR) is 133 cm³/mol. The highest BCUT2D eigenvalue weighted by Crippen LogP contribution is 2.41. The molecule has 0 aliphatic carbocycles. The van der Waals surface area contributed by atoms with Gasteiger partial charge in [0.25, 0.3) is 11.7 Å². The first-order chi connectivity index (χ1) is 16.8. The van der Waals surface area contributed by atoms with E-state index >= 15 is 0 Å². The molecule has 0 spiro atoms. The number of ketones is 1. The highest BCUT2D eigenvalue weighted by molar-refractivity contribution is 6.46. The zero-order valence-corrected chi connectivity index (χ0v) is 20.1. The number of carbonyl (C=O) groups excluding carboxylic acids is 2. The number of hydrogen-bond donors (Lipinski definition) is 1. The lowest BCUT2D eigenvalue weighted by Crippen LogP contribution is -2.29. The number of aliphatic hydroxyl groups excluding tert-OH is 1. The fraction of sp³-hybridized carbons (Fsp3) is 0.276. The largest absolute Gasteiger partial charge is 0.507 e. The van der Waals surface area contributed by atoms with E-state index in [1.54, 1.807) is 24.5 Å². The summed E-state index contributed by atoms with van der Waals surface area (Å²) in [6.45, 7) is 6.43. The quantitative estimate of drug-likeness (QED) is 0.318. The second-order valence-corrected chi connectivity index (χ2v) is 9.56. The number of aromatic nitrogens is 1. The fourth-order valence-corrected chi connectivity index (χ4v) is 4.87. The van der Waals surface area contributed by atoms with E-state index in [2.05, 4.69) is 18.8 Å². The van der Waals surface area contributed by atoms with Crippen molar-refractivity contribution in [2.75, 3.05) is 0 Å². The van der Waals surface area contributed by atoms with Gasteiger partial charge in [-0.2, -0.15) is 0 Å². The molecule has 3 heterocycles. The summed E-state index contributed by atoms with van der Waals surface area (Å²) in [5.74, 6) is -0.355. The highest BCUT2D eigenvalue weighted by atomic mass is 16.5. The van der Waals surface area contributed by atoms with Crippen molar-refractivity contribution in [2.45, 2.75) is 51.8 Å². The Morgan fingerprint density at radius 2 is 1.91 bits per heavy atom. The minimum Gasteiger partial charge on any atom is -0.507 e. The van der Waals surface area contributed by atoms with Gasteiger partial charge < -0.3 is 14.7 Å². The van der Waals surface area contributed by atoms with E-state index in [0.717, 1.165) is 34.4 Å². The number of rotatable bonds is 5. The van der Waals surface area contributed by atoms with Gasteiger partial charge in [-0.15, -0.1) is 0 Å². The van der Waals surface area contributed by atoms with Gasteiger partial charge >= 0.3 is 0 Å². The molecule has 3 aromatic rings. The third kappa shape index (κ3) is 4.20. The molecule has 1 N–H and O–H groups in total. The van der Waals surface area contributed by atoms with E-state index < -0.39 is 17.7 Å². The van der Waals surface area contributed by atoms with Crippen LogP contribution >= 0.6 is 0 Å². The number of nitrogens with zero attached hydrogens (tertiary/aromatic N) is 2. The van der Waals surface area contributed by atoms with Gasteiger partial charge in [0.1, 0.15) is 17.6 Å². The first-order valence-corrected chi connectivity index (χ1v) is 11.9. The van der Waals surface area contributed by atoms with Crippen LogP contribution in [-0.2, 0) is 22.6 Å². The number of likely N-dealkylation sites (tertiary alicyclic amines) is 1. The van der Waals surface area contributed by atoms with Crippen LogP contribution in [0.4, 0.5) is 0 Å². The number of amides is 1. The van der Waals surface area contributed by atoms with Crippen LogP contribution in [0.15, 0.2) is 72.6 Å². The minimum absolute atomic E-state index is 0.0620. The number of benzene rings is 2. The van der Waals surface area contributed by atoms with E-state index in [9.17, 15) is 14.7 Å². The van der Waals surface area contributed by atoms with Gasteiger partial charge in [0.15, 0.2) is 0 Å². The molecule has 6 nitrogen and oxygen atoms in total. The molecule has 1 aromatic heterocycles. The molecule has 0 bridgehead atoms. The molecular weight excluding hydrogens is 440 g/mol. The Morgan fingerprint density at radius 3 is 2.60 bits per heavy atom. The maximum absolute atomic E-state index is 13.3. The Balaban J connectivity index is 1.62. The zero-order chi connectivity index (χ0) is 24.7. The second kappa shape index (κ2) is 9.02. The van der Waals surface area contributed by atoms with Gasteiger partial charge in [0.2, 0.25) is 0 Å². The molecule has 35 heavy (non-hydrogen) atoms. The Bertz CT molecular complexity index is 1310. The number of Topliss-reactive ketones (excluding diaryl/α,β-unsaturated/α-hetero) is 1. The maximum Gasteiger partial charge on any atom is 0.295 e. The van der Waals surface area contributed by atoms with Crippen LogP contribution in [0.1, 0.15) is 60.5 Å². The van der Waals surface area contributed by atoms with Crippen LogP contribution in [0.3, 0.4) is 0 Å². The van der Waals surface area contributed by atoms with E-state index in [4.69, 9.17) is 4.74 Å². The third-order valence-electron chi connectivity index (χ3n) is 6.70. The average molecular weight is 469 g/mol. The smallest absolute Gasteiger partial charge is 0.295 e.